The summed E-state index contributed by atoms with van der Waals surface area (Å²) in [7, 11) is 0. The maximum absolute atomic E-state index is 12.5. The van der Waals surface area contributed by atoms with Crippen molar-refractivity contribution in [1.82, 2.24) is 20.4 Å². The highest BCUT2D eigenvalue weighted by molar-refractivity contribution is 5.85. The average Bonchev–Trinajstić information content (AvgIpc) is 3.43. The van der Waals surface area contributed by atoms with Crippen molar-refractivity contribution in [2.75, 3.05) is 45.9 Å². The first-order valence-electron chi connectivity index (χ1n) is 9.90. The Kier molecular flexibility index (Phi) is 7.30. The zero-order chi connectivity index (χ0) is 19.8. The van der Waals surface area contributed by atoms with Crippen LogP contribution in [0.25, 0.3) is 0 Å². The van der Waals surface area contributed by atoms with Crippen LogP contribution in [-0.4, -0.2) is 79.6 Å². The van der Waals surface area contributed by atoms with E-state index in [0.29, 0.717) is 57.6 Å². The molecule has 0 bridgehead atoms. The van der Waals surface area contributed by atoms with Crippen LogP contribution in [0.1, 0.15) is 25.5 Å². The summed E-state index contributed by atoms with van der Waals surface area (Å²) in [5.74, 6) is 1.33. The zero-order valence-electron chi connectivity index (χ0n) is 16.4. The number of amides is 2. The number of hydrogen-bond acceptors (Lipinski definition) is 5. The number of ether oxygens (including phenoxy) is 1. The van der Waals surface area contributed by atoms with Crippen molar-refractivity contribution in [2.45, 2.75) is 32.4 Å². The van der Waals surface area contributed by atoms with Gasteiger partial charge in [0.25, 0.3) is 5.91 Å². The molecule has 2 fully saturated rings. The number of furan rings is 1. The van der Waals surface area contributed by atoms with Crippen molar-refractivity contribution < 1.29 is 18.7 Å². The molecule has 9 nitrogen and oxygen atoms in total. The maximum Gasteiger partial charge on any atom is 0.251 e. The Morgan fingerprint density at radius 2 is 2.00 bits per heavy atom. The van der Waals surface area contributed by atoms with Crippen molar-refractivity contribution >= 4 is 17.8 Å². The van der Waals surface area contributed by atoms with Gasteiger partial charge >= 0.3 is 0 Å². The first kappa shape index (κ1) is 20.2. The first-order valence-corrected chi connectivity index (χ1v) is 9.90. The third-order valence-electron chi connectivity index (χ3n) is 4.84. The molecular formula is C19H29N5O4. The van der Waals surface area contributed by atoms with E-state index < -0.39 is 0 Å². The Bertz CT molecular complexity index is 662. The zero-order valence-corrected chi connectivity index (χ0v) is 16.4. The number of nitrogens with zero attached hydrogens (tertiary/aromatic N) is 3. The predicted molar refractivity (Wildman–Crippen MR) is 104 cm³/mol. The third-order valence-corrected chi connectivity index (χ3v) is 4.84. The summed E-state index contributed by atoms with van der Waals surface area (Å²) < 4.78 is 10.7. The monoisotopic (exact) mass is 391 g/mol. The van der Waals surface area contributed by atoms with Gasteiger partial charge < -0.3 is 29.6 Å². The van der Waals surface area contributed by atoms with Crippen molar-refractivity contribution in [3.8, 4) is 0 Å². The Labute approximate surface area is 165 Å². The molecule has 28 heavy (non-hydrogen) atoms. The summed E-state index contributed by atoms with van der Waals surface area (Å²) in [5, 5.41) is 6.01. The van der Waals surface area contributed by atoms with Crippen molar-refractivity contribution in [2.24, 2.45) is 4.99 Å². The third kappa shape index (κ3) is 5.48. The molecule has 2 N–H and O–H groups in total. The SMILES string of the molecule is CCNC(=NCC(=O)NCc1ccco1)N1CCN(C(=O)C2CCCO2)CC1. The van der Waals surface area contributed by atoms with Gasteiger partial charge in [0, 0.05) is 39.3 Å². The lowest BCUT2D eigenvalue weighted by atomic mass is 10.2. The lowest BCUT2D eigenvalue weighted by Gasteiger charge is -2.37. The number of carbonyl (C=O) groups is 2. The second-order valence-corrected chi connectivity index (χ2v) is 6.84. The van der Waals surface area contributed by atoms with Crippen LogP contribution in [0.4, 0.5) is 0 Å². The highest BCUT2D eigenvalue weighted by Gasteiger charge is 2.30. The Hall–Kier alpha value is -2.55. The van der Waals surface area contributed by atoms with Gasteiger partial charge in [0.2, 0.25) is 5.91 Å². The molecule has 1 unspecified atom stereocenters. The second-order valence-electron chi connectivity index (χ2n) is 6.84. The molecule has 9 heteroatoms. The largest absolute Gasteiger partial charge is 0.467 e. The van der Waals surface area contributed by atoms with E-state index in [1.54, 1.807) is 12.3 Å². The van der Waals surface area contributed by atoms with Gasteiger partial charge in [0.05, 0.1) is 12.8 Å². The van der Waals surface area contributed by atoms with Gasteiger partial charge in [-0.05, 0) is 31.9 Å². The van der Waals surface area contributed by atoms with Crippen molar-refractivity contribution in [3.63, 3.8) is 0 Å². The molecule has 1 atom stereocenters. The molecule has 1 aromatic heterocycles. The normalized spacial score (nSPS) is 20.3. The molecule has 2 aliphatic heterocycles. The van der Waals surface area contributed by atoms with E-state index in [4.69, 9.17) is 9.15 Å². The van der Waals surface area contributed by atoms with Crippen LogP contribution in [0.5, 0.6) is 0 Å². The molecule has 2 saturated heterocycles. The number of hydrogen-bond donors (Lipinski definition) is 2. The molecule has 1 aromatic rings. The van der Waals surface area contributed by atoms with E-state index >= 15 is 0 Å². The van der Waals surface area contributed by atoms with Crippen LogP contribution < -0.4 is 10.6 Å². The second kappa shape index (κ2) is 10.1. The number of piperazine rings is 1. The van der Waals surface area contributed by atoms with Gasteiger partial charge in [0.15, 0.2) is 5.96 Å². The minimum atomic E-state index is -0.272. The topological polar surface area (TPSA) is 99.4 Å². The molecular weight excluding hydrogens is 362 g/mol. The van der Waals surface area contributed by atoms with Crippen LogP contribution in [0.2, 0.25) is 0 Å². The Morgan fingerprint density at radius 3 is 2.64 bits per heavy atom. The molecule has 3 rings (SSSR count). The molecule has 0 saturated carbocycles. The van der Waals surface area contributed by atoms with E-state index in [-0.39, 0.29) is 24.5 Å². The number of nitrogens with one attached hydrogen (secondary N) is 2. The minimum Gasteiger partial charge on any atom is -0.467 e. The fourth-order valence-electron chi connectivity index (χ4n) is 3.34. The van der Waals surface area contributed by atoms with Crippen LogP contribution in [0.15, 0.2) is 27.8 Å². The van der Waals surface area contributed by atoms with E-state index in [0.717, 1.165) is 12.8 Å². The fourth-order valence-corrected chi connectivity index (χ4v) is 3.34. The van der Waals surface area contributed by atoms with Gasteiger partial charge in [-0.1, -0.05) is 0 Å². The molecule has 3 heterocycles. The van der Waals surface area contributed by atoms with Crippen LogP contribution in [0.3, 0.4) is 0 Å². The molecule has 0 radical (unpaired) electrons. The van der Waals surface area contributed by atoms with Gasteiger partial charge in [-0.25, -0.2) is 4.99 Å². The fraction of sp³-hybridized carbons (Fsp3) is 0.632. The first-order chi connectivity index (χ1) is 13.7. The van der Waals surface area contributed by atoms with Crippen molar-refractivity contribution in [1.29, 1.82) is 0 Å². The minimum absolute atomic E-state index is 0.0398. The molecule has 154 valence electrons. The maximum atomic E-state index is 12.5. The highest BCUT2D eigenvalue weighted by atomic mass is 16.5. The van der Waals surface area contributed by atoms with Gasteiger partial charge in [-0.15, -0.1) is 0 Å². The lowest BCUT2D eigenvalue weighted by Crippen LogP contribution is -2.55. The van der Waals surface area contributed by atoms with Crippen LogP contribution in [0, 0.1) is 0 Å². The summed E-state index contributed by atoms with van der Waals surface area (Å²) in [4.78, 5) is 32.9. The van der Waals surface area contributed by atoms with Crippen LogP contribution in [-0.2, 0) is 20.9 Å². The lowest BCUT2D eigenvalue weighted by molar-refractivity contribution is -0.142. The number of guanidine groups is 1. The van der Waals surface area contributed by atoms with E-state index in [1.807, 2.05) is 17.9 Å². The predicted octanol–water partition coefficient (Wildman–Crippen LogP) is 0.185. The summed E-state index contributed by atoms with van der Waals surface area (Å²) in [6.07, 6.45) is 3.07. The Morgan fingerprint density at radius 1 is 1.21 bits per heavy atom. The number of aliphatic imine (C=N–C) groups is 1. The quantitative estimate of drug-likeness (QED) is 0.530. The van der Waals surface area contributed by atoms with Gasteiger partial charge in [-0.2, -0.15) is 0 Å². The summed E-state index contributed by atoms with van der Waals surface area (Å²) in [5.41, 5.74) is 0. The summed E-state index contributed by atoms with van der Waals surface area (Å²) in [6, 6.07) is 3.59. The smallest absolute Gasteiger partial charge is 0.251 e. The average molecular weight is 391 g/mol. The summed E-state index contributed by atoms with van der Waals surface area (Å²) in [6.45, 7) is 6.39. The van der Waals surface area contributed by atoms with Crippen LogP contribution >= 0.6 is 0 Å². The van der Waals surface area contributed by atoms with Crippen molar-refractivity contribution in [3.05, 3.63) is 24.2 Å². The number of carbonyl (C=O) groups excluding carboxylic acids is 2. The molecule has 0 spiro atoms. The van der Waals surface area contributed by atoms with E-state index in [2.05, 4.69) is 20.5 Å². The van der Waals surface area contributed by atoms with E-state index in [9.17, 15) is 9.59 Å². The highest BCUT2D eigenvalue weighted by Crippen LogP contribution is 2.16. The molecule has 2 aliphatic rings. The number of rotatable bonds is 6. The van der Waals surface area contributed by atoms with E-state index in [1.165, 1.54) is 0 Å². The van der Waals surface area contributed by atoms with Gasteiger partial charge in [-0.3, -0.25) is 9.59 Å². The molecule has 2 amide bonds. The standard InChI is InChI=1S/C19H29N5O4/c1-2-20-19(22-14-17(25)21-13-15-5-3-11-27-15)24-9-7-23(8-10-24)18(26)16-6-4-12-28-16/h3,5,11,16H,2,4,6-10,12-14H2,1H3,(H,20,22)(H,21,25). The summed E-state index contributed by atoms with van der Waals surface area (Å²) >= 11 is 0. The van der Waals surface area contributed by atoms with Gasteiger partial charge in [0.1, 0.15) is 18.4 Å². The molecule has 0 aliphatic carbocycles. The molecule has 0 aromatic carbocycles. The Balaban J connectivity index is 1.47.